The standard InChI is InChI=1S/C12H10N2S/c1-2-11-8-14-12(15-11)10-5-3-9(7-13)4-6-10/h3-6,8H,2H2,1H3. The van der Waals surface area contributed by atoms with Crippen LogP contribution in [0.4, 0.5) is 0 Å². The lowest BCUT2D eigenvalue weighted by Gasteiger charge is -1.94. The van der Waals surface area contributed by atoms with E-state index < -0.39 is 0 Å². The molecule has 0 atom stereocenters. The fourth-order valence-electron chi connectivity index (χ4n) is 1.29. The summed E-state index contributed by atoms with van der Waals surface area (Å²) >= 11 is 1.71. The van der Waals surface area contributed by atoms with Crippen LogP contribution in [0.3, 0.4) is 0 Å². The molecular formula is C12H10N2S. The summed E-state index contributed by atoms with van der Waals surface area (Å²) in [5.74, 6) is 0. The van der Waals surface area contributed by atoms with E-state index in [-0.39, 0.29) is 0 Å². The molecule has 0 saturated heterocycles. The Hall–Kier alpha value is -1.66. The number of benzene rings is 1. The molecule has 0 aliphatic carbocycles. The molecule has 0 unspecified atom stereocenters. The van der Waals surface area contributed by atoms with Gasteiger partial charge in [0.15, 0.2) is 0 Å². The Morgan fingerprint density at radius 3 is 2.60 bits per heavy atom. The van der Waals surface area contributed by atoms with Gasteiger partial charge in [-0.1, -0.05) is 19.1 Å². The van der Waals surface area contributed by atoms with Gasteiger partial charge >= 0.3 is 0 Å². The summed E-state index contributed by atoms with van der Waals surface area (Å²) in [6.07, 6.45) is 2.94. The number of thiazole rings is 1. The SMILES string of the molecule is CCc1cnc(-c2ccc(C#N)cc2)s1. The summed E-state index contributed by atoms with van der Waals surface area (Å²) < 4.78 is 0. The first kappa shape index (κ1) is 9.88. The van der Waals surface area contributed by atoms with E-state index in [1.807, 2.05) is 30.5 Å². The van der Waals surface area contributed by atoms with Gasteiger partial charge in [-0.2, -0.15) is 5.26 Å². The molecule has 0 radical (unpaired) electrons. The lowest BCUT2D eigenvalue weighted by molar-refractivity contribution is 1.17. The largest absolute Gasteiger partial charge is 0.244 e. The molecule has 0 amide bonds. The molecule has 1 aromatic heterocycles. The molecule has 74 valence electrons. The number of hydrogen-bond donors (Lipinski definition) is 0. The number of hydrogen-bond acceptors (Lipinski definition) is 3. The van der Waals surface area contributed by atoms with E-state index in [0.29, 0.717) is 5.56 Å². The molecule has 0 saturated carbocycles. The molecule has 0 aliphatic heterocycles. The molecule has 0 N–H and O–H groups in total. The highest BCUT2D eigenvalue weighted by molar-refractivity contribution is 7.15. The summed E-state index contributed by atoms with van der Waals surface area (Å²) in [5.41, 5.74) is 1.77. The quantitative estimate of drug-likeness (QED) is 0.769. The third kappa shape index (κ3) is 2.05. The number of aryl methyl sites for hydroxylation is 1. The van der Waals surface area contributed by atoms with Crippen LogP contribution >= 0.6 is 11.3 Å². The van der Waals surface area contributed by atoms with Gasteiger partial charge in [-0.3, -0.25) is 0 Å². The highest BCUT2D eigenvalue weighted by Gasteiger charge is 2.03. The van der Waals surface area contributed by atoms with Crippen LogP contribution in [0.1, 0.15) is 17.4 Å². The van der Waals surface area contributed by atoms with E-state index in [1.54, 1.807) is 11.3 Å². The van der Waals surface area contributed by atoms with E-state index in [4.69, 9.17) is 5.26 Å². The maximum atomic E-state index is 8.68. The van der Waals surface area contributed by atoms with Gasteiger partial charge in [-0.05, 0) is 18.6 Å². The second-order valence-electron chi connectivity index (χ2n) is 3.17. The molecule has 3 heteroatoms. The Morgan fingerprint density at radius 1 is 1.33 bits per heavy atom. The monoisotopic (exact) mass is 214 g/mol. The average molecular weight is 214 g/mol. The van der Waals surface area contributed by atoms with Gasteiger partial charge in [0.1, 0.15) is 5.01 Å². The fraction of sp³-hybridized carbons (Fsp3) is 0.167. The van der Waals surface area contributed by atoms with E-state index in [0.717, 1.165) is 17.0 Å². The number of nitrogens with zero attached hydrogens (tertiary/aromatic N) is 2. The molecule has 1 heterocycles. The van der Waals surface area contributed by atoms with Crippen LogP contribution in [0.15, 0.2) is 30.5 Å². The fourth-order valence-corrected chi connectivity index (χ4v) is 2.15. The van der Waals surface area contributed by atoms with Crippen molar-refractivity contribution in [1.82, 2.24) is 4.98 Å². The Labute approximate surface area is 92.8 Å². The van der Waals surface area contributed by atoms with Crippen LogP contribution in [0.25, 0.3) is 10.6 Å². The predicted octanol–water partition coefficient (Wildman–Crippen LogP) is 3.24. The van der Waals surface area contributed by atoms with Crippen molar-refractivity contribution in [3.05, 3.63) is 40.9 Å². The maximum Gasteiger partial charge on any atom is 0.123 e. The highest BCUT2D eigenvalue weighted by Crippen LogP contribution is 2.25. The van der Waals surface area contributed by atoms with Gasteiger partial charge in [-0.15, -0.1) is 11.3 Å². The number of rotatable bonds is 2. The molecule has 2 rings (SSSR count). The molecule has 2 aromatic rings. The van der Waals surface area contributed by atoms with Crippen LogP contribution in [0.5, 0.6) is 0 Å². The summed E-state index contributed by atoms with van der Waals surface area (Å²) in [7, 11) is 0. The van der Waals surface area contributed by atoms with Crippen LogP contribution < -0.4 is 0 Å². The second-order valence-corrected chi connectivity index (χ2v) is 4.29. The molecule has 1 aromatic carbocycles. The summed E-state index contributed by atoms with van der Waals surface area (Å²) in [5, 5.41) is 9.70. The zero-order valence-electron chi connectivity index (χ0n) is 8.40. The average Bonchev–Trinajstić information content (AvgIpc) is 2.78. The minimum Gasteiger partial charge on any atom is -0.244 e. The Bertz CT molecular complexity index is 491. The molecule has 0 aliphatic rings. The summed E-state index contributed by atoms with van der Waals surface area (Å²) in [4.78, 5) is 5.63. The van der Waals surface area contributed by atoms with Crippen LogP contribution in [-0.4, -0.2) is 4.98 Å². The van der Waals surface area contributed by atoms with Crippen molar-refractivity contribution in [1.29, 1.82) is 5.26 Å². The zero-order chi connectivity index (χ0) is 10.7. The normalized spacial score (nSPS) is 9.87. The molecule has 0 fully saturated rings. The van der Waals surface area contributed by atoms with Gasteiger partial charge in [0.05, 0.1) is 11.6 Å². The van der Waals surface area contributed by atoms with Crippen molar-refractivity contribution < 1.29 is 0 Å². The van der Waals surface area contributed by atoms with E-state index in [2.05, 4.69) is 18.0 Å². The third-order valence-corrected chi connectivity index (χ3v) is 3.35. The molecule has 0 bridgehead atoms. The lowest BCUT2D eigenvalue weighted by atomic mass is 10.1. The van der Waals surface area contributed by atoms with Crippen LogP contribution in [-0.2, 0) is 6.42 Å². The van der Waals surface area contributed by atoms with Crippen molar-refractivity contribution in [3.63, 3.8) is 0 Å². The Kier molecular flexibility index (Phi) is 2.79. The number of nitriles is 1. The Balaban J connectivity index is 2.33. The van der Waals surface area contributed by atoms with Gasteiger partial charge < -0.3 is 0 Å². The van der Waals surface area contributed by atoms with Gasteiger partial charge in [0.25, 0.3) is 0 Å². The topological polar surface area (TPSA) is 36.7 Å². The van der Waals surface area contributed by atoms with Crippen molar-refractivity contribution in [2.24, 2.45) is 0 Å². The third-order valence-electron chi connectivity index (χ3n) is 2.16. The minimum absolute atomic E-state index is 0.686. The number of aromatic nitrogens is 1. The van der Waals surface area contributed by atoms with Gasteiger partial charge in [-0.25, -0.2) is 4.98 Å². The highest BCUT2D eigenvalue weighted by atomic mass is 32.1. The first-order valence-electron chi connectivity index (χ1n) is 4.78. The van der Waals surface area contributed by atoms with E-state index >= 15 is 0 Å². The first-order valence-corrected chi connectivity index (χ1v) is 5.60. The lowest BCUT2D eigenvalue weighted by Crippen LogP contribution is -1.76. The second kappa shape index (κ2) is 4.24. The van der Waals surface area contributed by atoms with Crippen LogP contribution in [0.2, 0.25) is 0 Å². The molecule has 0 spiro atoms. The molecular weight excluding hydrogens is 204 g/mol. The molecule has 2 nitrogen and oxygen atoms in total. The summed E-state index contributed by atoms with van der Waals surface area (Å²) in [6, 6.07) is 9.63. The summed E-state index contributed by atoms with van der Waals surface area (Å²) in [6.45, 7) is 2.12. The smallest absolute Gasteiger partial charge is 0.123 e. The van der Waals surface area contributed by atoms with Crippen LogP contribution in [0, 0.1) is 11.3 Å². The van der Waals surface area contributed by atoms with Crippen molar-refractivity contribution in [2.45, 2.75) is 13.3 Å². The minimum atomic E-state index is 0.686. The van der Waals surface area contributed by atoms with Crippen molar-refractivity contribution >= 4 is 11.3 Å². The van der Waals surface area contributed by atoms with E-state index in [9.17, 15) is 0 Å². The maximum absolute atomic E-state index is 8.68. The van der Waals surface area contributed by atoms with Gasteiger partial charge in [0, 0.05) is 16.6 Å². The Morgan fingerprint density at radius 2 is 2.07 bits per heavy atom. The first-order chi connectivity index (χ1) is 7.33. The van der Waals surface area contributed by atoms with Gasteiger partial charge in [0.2, 0.25) is 0 Å². The van der Waals surface area contributed by atoms with Crippen molar-refractivity contribution in [3.8, 4) is 16.6 Å². The molecule has 15 heavy (non-hydrogen) atoms. The van der Waals surface area contributed by atoms with Crippen molar-refractivity contribution in [2.75, 3.05) is 0 Å². The predicted molar refractivity (Wildman–Crippen MR) is 61.6 cm³/mol. The zero-order valence-corrected chi connectivity index (χ0v) is 9.21. The van der Waals surface area contributed by atoms with E-state index in [1.165, 1.54) is 4.88 Å².